The minimum absolute atomic E-state index is 0.0482. The fraction of sp³-hybridized carbons (Fsp3) is 0.706. The van der Waals surface area contributed by atoms with Gasteiger partial charge in [0.1, 0.15) is 0 Å². The molecule has 1 aromatic heterocycles. The summed E-state index contributed by atoms with van der Waals surface area (Å²) in [6, 6.07) is 5.91. The van der Waals surface area contributed by atoms with Gasteiger partial charge in [0.2, 0.25) is 0 Å². The van der Waals surface area contributed by atoms with Crippen LogP contribution in [0.25, 0.3) is 0 Å². The summed E-state index contributed by atoms with van der Waals surface area (Å²) in [5.74, 6) is 1.73. The molecule has 1 saturated carbocycles. The first-order valence-corrected chi connectivity index (χ1v) is 9.21. The molecule has 0 amide bonds. The smallest absolute Gasteiger partial charge is 0.0959 e. The highest BCUT2D eigenvalue weighted by Gasteiger charge is 2.21. The molecule has 0 aromatic carbocycles. The van der Waals surface area contributed by atoms with E-state index in [1.54, 1.807) is 11.8 Å². The number of pyridine rings is 1. The molecule has 4 heteroatoms. The molecular formula is C17H28N2OS. The van der Waals surface area contributed by atoms with Gasteiger partial charge in [-0.15, -0.1) is 11.8 Å². The molecule has 1 heterocycles. The summed E-state index contributed by atoms with van der Waals surface area (Å²) in [6.45, 7) is 0. The van der Waals surface area contributed by atoms with Crippen molar-refractivity contribution in [3.63, 3.8) is 0 Å². The number of thioether (sulfide) groups is 1. The van der Waals surface area contributed by atoms with Crippen LogP contribution in [0.5, 0.6) is 0 Å². The molecule has 2 rings (SSSR count). The zero-order valence-corrected chi connectivity index (χ0v) is 13.6. The number of nitrogens with two attached hydrogens (primary N) is 1. The third kappa shape index (κ3) is 6.37. The molecule has 2 atom stereocenters. The average molecular weight is 308 g/mol. The first-order valence-electron chi connectivity index (χ1n) is 8.23. The van der Waals surface area contributed by atoms with E-state index >= 15 is 0 Å². The van der Waals surface area contributed by atoms with Crippen LogP contribution < -0.4 is 5.73 Å². The Hall–Kier alpha value is -0.580. The van der Waals surface area contributed by atoms with Gasteiger partial charge in [-0.3, -0.25) is 0 Å². The summed E-state index contributed by atoms with van der Waals surface area (Å²) >= 11 is 1.75. The second-order valence-electron chi connectivity index (χ2n) is 6.13. The van der Waals surface area contributed by atoms with Crippen molar-refractivity contribution in [2.45, 2.75) is 68.5 Å². The van der Waals surface area contributed by atoms with Crippen LogP contribution >= 0.6 is 11.8 Å². The fourth-order valence-electron chi connectivity index (χ4n) is 3.08. The van der Waals surface area contributed by atoms with Crippen LogP contribution in [0.4, 0.5) is 0 Å². The van der Waals surface area contributed by atoms with Crippen LogP contribution in [-0.2, 0) is 0 Å². The molecule has 21 heavy (non-hydrogen) atoms. The number of aliphatic hydroxyl groups excluding tert-OH is 1. The van der Waals surface area contributed by atoms with Gasteiger partial charge in [-0.25, -0.2) is 4.98 Å². The minimum Gasteiger partial charge on any atom is -0.392 e. The van der Waals surface area contributed by atoms with Crippen LogP contribution in [-0.4, -0.2) is 28.0 Å². The lowest BCUT2D eigenvalue weighted by atomic mass is 9.83. The van der Waals surface area contributed by atoms with Crippen molar-refractivity contribution in [3.05, 3.63) is 24.4 Å². The second kappa shape index (κ2) is 9.44. The predicted molar refractivity (Wildman–Crippen MR) is 89.4 cm³/mol. The molecule has 1 aliphatic carbocycles. The average Bonchev–Trinajstić information content (AvgIpc) is 2.53. The van der Waals surface area contributed by atoms with Gasteiger partial charge in [-0.2, -0.15) is 0 Å². The molecule has 3 nitrogen and oxygen atoms in total. The van der Waals surface area contributed by atoms with Gasteiger partial charge >= 0.3 is 0 Å². The van der Waals surface area contributed by atoms with Gasteiger partial charge in [0, 0.05) is 12.2 Å². The number of hydrogen-bond donors (Lipinski definition) is 2. The van der Waals surface area contributed by atoms with E-state index in [0.717, 1.165) is 36.0 Å². The van der Waals surface area contributed by atoms with E-state index in [9.17, 15) is 5.11 Å². The Labute approximate surface area is 132 Å². The van der Waals surface area contributed by atoms with E-state index in [1.807, 2.05) is 24.4 Å². The van der Waals surface area contributed by atoms with Gasteiger partial charge in [-0.1, -0.05) is 38.2 Å². The zero-order valence-electron chi connectivity index (χ0n) is 12.8. The Morgan fingerprint density at radius 1 is 1.29 bits per heavy atom. The maximum absolute atomic E-state index is 10.2. The number of rotatable bonds is 8. The van der Waals surface area contributed by atoms with E-state index < -0.39 is 0 Å². The molecule has 3 N–H and O–H groups in total. The van der Waals surface area contributed by atoms with Crippen LogP contribution in [0, 0.1) is 5.92 Å². The quantitative estimate of drug-likeness (QED) is 0.569. The fourth-order valence-corrected chi connectivity index (χ4v) is 3.91. The molecule has 1 fully saturated rings. The van der Waals surface area contributed by atoms with Crippen molar-refractivity contribution in [1.82, 2.24) is 4.98 Å². The summed E-state index contributed by atoms with van der Waals surface area (Å²) in [7, 11) is 0. The van der Waals surface area contributed by atoms with E-state index in [2.05, 4.69) is 4.98 Å². The summed E-state index contributed by atoms with van der Waals surface area (Å²) in [6.07, 6.45) is 10.9. The molecular weight excluding hydrogens is 280 g/mol. The van der Waals surface area contributed by atoms with Crippen molar-refractivity contribution in [2.75, 3.05) is 5.75 Å². The summed E-state index contributed by atoms with van der Waals surface area (Å²) in [5.41, 5.74) is 6.17. The molecule has 0 radical (unpaired) electrons. The normalized spacial score (nSPS) is 19.3. The minimum atomic E-state index is -0.351. The summed E-state index contributed by atoms with van der Waals surface area (Å²) in [4.78, 5) is 4.28. The van der Waals surface area contributed by atoms with E-state index in [0.29, 0.717) is 0 Å². The highest BCUT2D eigenvalue weighted by Crippen LogP contribution is 2.28. The Morgan fingerprint density at radius 3 is 2.81 bits per heavy atom. The molecule has 0 saturated heterocycles. The van der Waals surface area contributed by atoms with E-state index in [-0.39, 0.29) is 12.1 Å². The lowest BCUT2D eigenvalue weighted by Gasteiger charge is -2.27. The van der Waals surface area contributed by atoms with Crippen LogP contribution in [0.2, 0.25) is 0 Å². The van der Waals surface area contributed by atoms with Gasteiger partial charge in [0.15, 0.2) is 0 Å². The molecule has 0 spiro atoms. The first kappa shape index (κ1) is 16.8. The van der Waals surface area contributed by atoms with Crippen LogP contribution in [0.15, 0.2) is 29.4 Å². The molecule has 0 bridgehead atoms. The molecule has 118 valence electrons. The monoisotopic (exact) mass is 308 g/mol. The number of nitrogens with zero attached hydrogens (tertiary/aromatic N) is 1. The molecule has 1 aromatic rings. The van der Waals surface area contributed by atoms with Crippen molar-refractivity contribution in [3.8, 4) is 0 Å². The Kier molecular flexibility index (Phi) is 7.54. The summed E-state index contributed by atoms with van der Waals surface area (Å²) in [5, 5.41) is 11.2. The maximum atomic E-state index is 10.2. The third-order valence-electron chi connectivity index (χ3n) is 4.36. The maximum Gasteiger partial charge on any atom is 0.0959 e. The number of hydrogen-bond acceptors (Lipinski definition) is 4. The first-order chi connectivity index (χ1) is 10.3. The highest BCUT2D eigenvalue weighted by atomic mass is 32.2. The highest BCUT2D eigenvalue weighted by molar-refractivity contribution is 7.99. The lowest BCUT2D eigenvalue weighted by molar-refractivity contribution is 0.117. The van der Waals surface area contributed by atoms with Gasteiger partial charge in [-0.05, 0) is 43.1 Å². The zero-order chi connectivity index (χ0) is 14.9. The topological polar surface area (TPSA) is 59.1 Å². The summed E-state index contributed by atoms with van der Waals surface area (Å²) < 4.78 is 0. The second-order valence-corrected chi connectivity index (χ2v) is 7.24. The van der Waals surface area contributed by atoms with Crippen LogP contribution in [0.3, 0.4) is 0 Å². The van der Waals surface area contributed by atoms with Gasteiger partial charge < -0.3 is 10.8 Å². The Morgan fingerprint density at radius 2 is 2.10 bits per heavy atom. The van der Waals surface area contributed by atoms with E-state index in [1.165, 1.54) is 32.1 Å². The Bertz CT molecular complexity index is 382. The van der Waals surface area contributed by atoms with Crippen molar-refractivity contribution >= 4 is 11.8 Å². The van der Waals surface area contributed by atoms with Crippen molar-refractivity contribution in [2.24, 2.45) is 11.7 Å². The lowest BCUT2D eigenvalue weighted by Crippen LogP contribution is -2.36. The number of aromatic nitrogens is 1. The van der Waals surface area contributed by atoms with Crippen molar-refractivity contribution in [1.29, 1.82) is 0 Å². The SMILES string of the molecule is N[C@@H](CC1CCCCC1)[C@@H](O)CCCSc1ccccn1. The van der Waals surface area contributed by atoms with Gasteiger partial charge in [0.05, 0.1) is 11.1 Å². The third-order valence-corrected chi connectivity index (χ3v) is 5.39. The Balaban J connectivity index is 1.58. The predicted octanol–water partition coefficient (Wildman–Crippen LogP) is 3.61. The molecule has 1 aliphatic rings. The standard InChI is InChI=1S/C17H28N2OS/c18-15(13-14-7-2-1-3-8-14)16(20)9-6-12-21-17-10-4-5-11-19-17/h4-5,10-11,14-16,20H,1-3,6-9,12-13,18H2/t15-,16-/m0/s1. The number of aliphatic hydroxyl groups is 1. The molecule has 0 aliphatic heterocycles. The van der Waals surface area contributed by atoms with E-state index in [4.69, 9.17) is 5.73 Å². The van der Waals surface area contributed by atoms with Crippen molar-refractivity contribution < 1.29 is 5.11 Å². The molecule has 0 unspecified atom stereocenters. The van der Waals surface area contributed by atoms with Crippen LogP contribution in [0.1, 0.15) is 51.4 Å². The van der Waals surface area contributed by atoms with Gasteiger partial charge in [0.25, 0.3) is 0 Å². The largest absolute Gasteiger partial charge is 0.392 e.